The molecule has 0 nitrogen and oxygen atoms in total. The van der Waals surface area contributed by atoms with Crippen LogP contribution in [0.1, 0.15) is 11.1 Å². The summed E-state index contributed by atoms with van der Waals surface area (Å²) in [5, 5.41) is 0. The first-order valence-electron chi connectivity index (χ1n) is 5.60. The van der Waals surface area contributed by atoms with Gasteiger partial charge in [0.05, 0.1) is 0 Å². The first-order valence-corrected chi connectivity index (χ1v) is 5.60. The molecule has 2 aromatic rings. The zero-order chi connectivity index (χ0) is 11.9. The van der Waals surface area contributed by atoms with Crippen molar-refractivity contribution in [3.05, 3.63) is 96.3 Å². The van der Waals surface area contributed by atoms with Crippen molar-refractivity contribution in [2.75, 3.05) is 0 Å². The maximum atomic E-state index is 3.69. The highest BCUT2D eigenvalue weighted by atomic mass is 14.0. The van der Waals surface area contributed by atoms with Crippen LogP contribution in [0.15, 0.2) is 85.1 Å². The van der Waals surface area contributed by atoms with E-state index in [9.17, 15) is 0 Å². The lowest BCUT2D eigenvalue weighted by atomic mass is 9.99. The Bertz CT molecular complexity index is 500. The lowest BCUT2D eigenvalue weighted by Gasteiger charge is -2.04. The molecule has 0 heterocycles. The Labute approximate surface area is 102 Å². The smallest absolute Gasteiger partial charge is 0.0309 e. The molecule has 0 heteroatoms. The SMILES string of the molecule is C=CC=C=C(c1ccccc1)c1ccccc1. The Hall–Kier alpha value is -2.30. The third-order valence-corrected chi connectivity index (χ3v) is 2.47. The normalized spacial score (nSPS) is 9.18. The predicted molar refractivity (Wildman–Crippen MR) is 73.7 cm³/mol. The number of allylic oxidation sites excluding steroid dienone is 2. The van der Waals surface area contributed by atoms with E-state index in [1.54, 1.807) is 6.08 Å². The van der Waals surface area contributed by atoms with Gasteiger partial charge < -0.3 is 0 Å². The van der Waals surface area contributed by atoms with Crippen molar-refractivity contribution < 1.29 is 0 Å². The van der Waals surface area contributed by atoms with Crippen LogP contribution < -0.4 is 0 Å². The first-order chi connectivity index (χ1) is 8.42. The maximum absolute atomic E-state index is 3.69. The monoisotopic (exact) mass is 218 g/mol. The minimum atomic E-state index is 1.09. The third kappa shape index (κ3) is 2.84. The summed E-state index contributed by atoms with van der Waals surface area (Å²) in [7, 11) is 0. The topological polar surface area (TPSA) is 0 Å². The Morgan fingerprint density at radius 2 is 1.29 bits per heavy atom. The fourth-order valence-corrected chi connectivity index (χ4v) is 1.69. The summed E-state index contributed by atoms with van der Waals surface area (Å²) < 4.78 is 0. The van der Waals surface area contributed by atoms with E-state index in [4.69, 9.17) is 0 Å². The summed E-state index contributed by atoms with van der Waals surface area (Å²) in [4.78, 5) is 0. The molecule has 2 aromatic carbocycles. The van der Waals surface area contributed by atoms with Crippen LogP contribution in [-0.2, 0) is 0 Å². The second kappa shape index (κ2) is 5.69. The first kappa shape index (κ1) is 11.2. The Morgan fingerprint density at radius 3 is 1.71 bits per heavy atom. The molecule has 17 heavy (non-hydrogen) atoms. The minimum Gasteiger partial charge on any atom is -0.112 e. The molecule has 0 saturated carbocycles. The van der Waals surface area contributed by atoms with Crippen molar-refractivity contribution in [1.29, 1.82) is 0 Å². The molecular weight excluding hydrogens is 204 g/mol. The van der Waals surface area contributed by atoms with Crippen LogP contribution in [0.2, 0.25) is 0 Å². The van der Waals surface area contributed by atoms with E-state index in [1.807, 2.05) is 42.5 Å². The van der Waals surface area contributed by atoms with E-state index < -0.39 is 0 Å². The van der Waals surface area contributed by atoms with Gasteiger partial charge in [-0.1, -0.05) is 73.3 Å². The van der Waals surface area contributed by atoms with Crippen LogP contribution in [0.25, 0.3) is 5.57 Å². The van der Waals surface area contributed by atoms with Crippen LogP contribution >= 0.6 is 0 Å². The van der Waals surface area contributed by atoms with Crippen LogP contribution in [-0.4, -0.2) is 0 Å². The number of benzene rings is 2. The zero-order valence-corrected chi connectivity index (χ0v) is 9.64. The molecule has 82 valence electrons. The predicted octanol–water partition coefficient (Wildman–Crippen LogP) is 4.46. The average Bonchev–Trinajstić information content (AvgIpc) is 2.42. The van der Waals surface area contributed by atoms with Gasteiger partial charge in [-0.15, -0.1) is 5.73 Å². The molecule has 0 N–H and O–H groups in total. The van der Waals surface area contributed by atoms with E-state index >= 15 is 0 Å². The summed E-state index contributed by atoms with van der Waals surface area (Å²) in [6.45, 7) is 3.69. The van der Waals surface area contributed by atoms with Gasteiger partial charge in [0.1, 0.15) is 0 Å². The second-order valence-corrected chi connectivity index (χ2v) is 3.65. The van der Waals surface area contributed by atoms with Gasteiger partial charge in [0.25, 0.3) is 0 Å². The highest BCUT2D eigenvalue weighted by Crippen LogP contribution is 2.21. The molecule has 0 aliphatic heterocycles. The molecule has 0 amide bonds. The van der Waals surface area contributed by atoms with Crippen LogP contribution in [0.5, 0.6) is 0 Å². The fourth-order valence-electron chi connectivity index (χ4n) is 1.69. The molecule has 0 aliphatic rings. The van der Waals surface area contributed by atoms with Gasteiger partial charge in [0, 0.05) is 5.57 Å². The number of hydrogen-bond donors (Lipinski definition) is 0. The molecule has 0 atom stereocenters. The second-order valence-electron chi connectivity index (χ2n) is 3.65. The van der Waals surface area contributed by atoms with Gasteiger partial charge in [-0.25, -0.2) is 0 Å². The van der Waals surface area contributed by atoms with Gasteiger partial charge >= 0.3 is 0 Å². The zero-order valence-electron chi connectivity index (χ0n) is 9.64. The van der Waals surface area contributed by atoms with Crippen LogP contribution in [0, 0.1) is 0 Å². The minimum absolute atomic E-state index is 1.09. The Morgan fingerprint density at radius 1 is 0.824 bits per heavy atom. The maximum Gasteiger partial charge on any atom is 0.0309 e. The standard InChI is InChI=1S/C17H14/c1-2-3-14-17(15-10-6-4-7-11-15)16-12-8-5-9-13-16/h2-13H,1H2. The van der Waals surface area contributed by atoms with Crippen molar-refractivity contribution in [3.8, 4) is 0 Å². The van der Waals surface area contributed by atoms with Gasteiger partial charge in [0.2, 0.25) is 0 Å². The number of hydrogen-bond acceptors (Lipinski definition) is 0. The third-order valence-electron chi connectivity index (χ3n) is 2.47. The van der Waals surface area contributed by atoms with E-state index in [-0.39, 0.29) is 0 Å². The molecular formula is C17H14. The fraction of sp³-hybridized carbons (Fsp3) is 0. The molecule has 0 radical (unpaired) electrons. The average molecular weight is 218 g/mol. The molecule has 0 unspecified atom stereocenters. The van der Waals surface area contributed by atoms with Gasteiger partial charge in [0.15, 0.2) is 0 Å². The Balaban J connectivity index is 2.55. The van der Waals surface area contributed by atoms with E-state index in [0.717, 1.165) is 16.7 Å². The molecule has 0 spiro atoms. The van der Waals surface area contributed by atoms with E-state index in [1.165, 1.54) is 0 Å². The van der Waals surface area contributed by atoms with Gasteiger partial charge in [-0.2, -0.15) is 0 Å². The van der Waals surface area contributed by atoms with Crippen molar-refractivity contribution >= 4 is 5.57 Å². The lowest BCUT2D eigenvalue weighted by molar-refractivity contribution is 1.55. The molecule has 0 fully saturated rings. The summed E-state index contributed by atoms with van der Waals surface area (Å²) in [5.74, 6) is 0. The molecule has 0 aliphatic carbocycles. The quantitative estimate of drug-likeness (QED) is 0.527. The highest BCUT2D eigenvalue weighted by Gasteiger charge is 2.02. The van der Waals surface area contributed by atoms with Gasteiger partial charge in [-0.3, -0.25) is 0 Å². The summed E-state index contributed by atoms with van der Waals surface area (Å²) in [6, 6.07) is 20.5. The highest BCUT2D eigenvalue weighted by molar-refractivity contribution is 5.79. The van der Waals surface area contributed by atoms with Crippen molar-refractivity contribution in [3.63, 3.8) is 0 Å². The molecule has 0 bridgehead atoms. The van der Waals surface area contributed by atoms with Crippen LogP contribution in [0.4, 0.5) is 0 Å². The van der Waals surface area contributed by atoms with E-state index in [2.05, 4.69) is 36.6 Å². The molecule has 0 aromatic heterocycles. The summed E-state index contributed by atoms with van der Waals surface area (Å²) in [5.41, 5.74) is 6.69. The van der Waals surface area contributed by atoms with Gasteiger partial charge in [-0.05, 0) is 17.2 Å². The van der Waals surface area contributed by atoms with Crippen LogP contribution in [0.3, 0.4) is 0 Å². The summed E-state index contributed by atoms with van der Waals surface area (Å²) in [6.07, 6.45) is 3.58. The lowest BCUT2D eigenvalue weighted by Crippen LogP contribution is -1.85. The van der Waals surface area contributed by atoms with Crippen molar-refractivity contribution in [1.82, 2.24) is 0 Å². The van der Waals surface area contributed by atoms with Crippen molar-refractivity contribution in [2.24, 2.45) is 0 Å². The molecule has 2 rings (SSSR count). The van der Waals surface area contributed by atoms with E-state index in [0.29, 0.717) is 0 Å². The molecule has 0 saturated heterocycles. The largest absolute Gasteiger partial charge is 0.112 e. The number of rotatable bonds is 3. The summed E-state index contributed by atoms with van der Waals surface area (Å²) >= 11 is 0. The Kier molecular flexibility index (Phi) is 3.75. The van der Waals surface area contributed by atoms with Crippen molar-refractivity contribution in [2.45, 2.75) is 0 Å².